The molecule has 0 fully saturated rings. The molecule has 0 unspecified atom stereocenters. The van der Waals surface area contributed by atoms with E-state index in [-0.39, 0.29) is 5.78 Å². The zero-order valence-corrected chi connectivity index (χ0v) is 11.0. The van der Waals surface area contributed by atoms with Gasteiger partial charge in [0.05, 0.1) is 5.01 Å². The summed E-state index contributed by atoms with van der Waals surface area (Å²) in [6.07, 6.45) is 3.06. The Morgan fingerprint density at radius 2 is 2.06 bits per heavy atom. The standard InChI is InChI=1S/C13H12ClNOS/c1-9(16)6-12-8-15-13(17-12)7-10-2-4-11(14)5-3-10/h2-5,8H,6-7H2,1H3. The van der Waals surface area contributed by atoms with Gasteiger partial charge in [0.25, 0.3) is 0 Å². The highest BCUT2D eigenvalue weighted by molar-refractivity contribution is 7.11. The molecule has 0 atom stereocenters. The molecule has 2 nitrogen and oxygen atoms in total. The number of carbonyl (C=O) groups is 1. The molecule has 0 saturated heterocycles. The van der Waals surface area contributed by atoms with Gasteiger partial charge in [0.2, 0.25) is 0 Å². The smallest absolute Gasteiger partial charge is 0.135 e. The van der Waals surface area contributed by atoms with Crippen LogP contribution in [0.25, 0.3) is 0 Å². The maximum absolute atomic E-state index is 11.0. The highest BCUT2D eigenvalue weighted by Gasteiger charge is 2.05. The topological polar surface area (TPSA) is 30.0 Å². The first-order valence-electron chi connectivity index (χ1n) is 5.31. The molecule has 0 aliphatic rings. The van der Waals surface area contributed by atoms with Crippen LogP contribution in [0.1, 0.15) is 22.4 Å². The van der Waals surface area contributed by atoms with Gasteiger partial charge in [0.15, 0.2) is 0 Å². The number of Topliss-reactive ketones (excluding diaryl/α,β-unsaturated/α-hetero) is 1. The van der Waals surface area contributed by atoms with Gasteiger partial charge < -0.3 is 0 Å². The molecule has 0 radical (unpaired) electrons. The lowest BCUT2D eigenvalue weighted by Crippen LogP contribution is -1.92. The Labute approximate surface area is 109 Å². The van der Waals surface area contributed by atoms with E-state index >= 15 is 0 Å². The molecule has 17 heavy (non-hydrogen) atoms. The molecule has 0 N–H and O–H groups in total. The second kappa shape index (κ2) is 5.43. The van der Waals surface area contributed by atoms with E-state index in [1.165, 1.54) is 5.56 Å². The number of thiazole rings is 1. The molecule has 1 aromatic heterocycles. The SMILES string of the molecule is CC(=O)Cc1cnc(Cc2ccc(Cl)cc2)s1. The number of aromatic nitrogens is 1. The third kappa shape index (κ3) is 3.65. The van der Waals surface area contributed by atoms with Gasteiger partial charge in [-0.3, -0.25) is 4.79 Å². The first-order chi connectivity index (χ1) is 8.13. The third-order valence-electron chi connectivity index (χ3n) is 2.29. The molecule has 2 aromatic rings. The number of hydrogen-bond donors (Lipinski definition) is 0. The summed E-state index contributed by atoms with van der Waals surface area (Å²) in [5.41, 5.74) is 1.18. The molecule has 0 bridgehead atoms. The molecule has 0 aliphatic carbocycles. The van der Waals surface area contributed by atoms with Crippen molar-refractivity contribution in [2.45, 2.75) is 19.8 Å². The highest BCUT2D eigenvalue weighted by atomic mass is 35.5. The third-order valence-corrected chi connectivity index (χ3v) is 3.54. The first kappa shape index (κ1) is 12.3. The monoisotopic (exact) mass is 265 g/mol. The minimum absolute atomic E-state index is 0.173. The van der Waals surface area contributed by atoms with E-state index in [9.17, 15) is 4.79 Å². The number of halogens is 1. The van der Waals surface area contributed by atoms with Crippen molar-refractivity contribution >= 4 is 28.7 Å². The Balaban J connectivity index is 2.06. The van der Waals surface area contributed by atoms with Crippen molar-refractivity contribution < 1.29 is 4.79 Å². The average Bonchev–Trinajstić information content (AvgIpc) is 2.68. The van der Waals surface area contributed by atoms with E-state index in [1.807, 2.05) is 24.3 Å². The summed E-state index contributed by atoms with van der Waals surface area (Å²) in [4.78, 5) is 16.3. The maximum Gasteiger partial charge on any atom is 0.135 e. The largest absolute Gasteiger partial charge is 0.300 e. The van der Waals surface area contributed by atoms with Gasteiger partial charge in [-0.2, -0.15) is 0 Å². The fraction of sp³-hybridized carbons (Fsp3) is 0.231. The molecular weight excluding hydrogens is 254 g/mol. The Morgan fingerprint density at radius 3 is 2.71 bits per heavy atom. The van der Waals surface area contributed by atoms with E-state index in [0.717, 1.165) is 21.3 Å². The number of ketones is 1. The normalized spacial score (nSPS) is 10.5. The van der Waals surface area contributed by atoms with E-state index < -0.39 is 0 Å². The van der Waals surface area contributed by atoms with Crippen LogP contribution in [0.3, 0.4) is 0 Å². The van der Waals surface area contributed by atoms with Crippen molar-refractivity contribution in [3.8, 4) is 0 Å². The summed E-state index contributed by atoms with van der Waals surface area (Å²) in [5.74, 6) is 0.173. The van der Waals surface area contributed by atoms with E-state index in [2.05, 4.69) is 4.98 Å². The van der Waals surface area contributed by atoms with Gasteiger partial charge in [-0.05, 0) is 24.6 Å². The van der Waals surface area contributed by atoms with E-state index in [0.29, 0.717) is 6.42 Å². The van der Waals surface area contributed by atoms with Gasteiger partial charge in [0.1, 0.15) is 5.78 Å². The lowest BCUT2D eigenvalue weighted by atomic mass is 10.2. The van der Waals surface area contributed by atoms with Crippen molar-refractivity contribution in [1.29, 1.82) is 0 Å². The van der Waals surface area contributed by atoms with Crippen molar-refractivity contribution in [2.75, 3.05) is 0 Å². The summed E-state index contributed by atoms with van der Waals surface area (Å²) >= 11 is 7.42. The van der Waals surface area contributed by atoms with Crippen LogP contribution < -0.4 is 0 Å². The van der Waals surface area contributed by atoms with Crippen molar-refractivity contribution in [2.24, 2.45) is 0 Å². The minimum atomic E-state index is 0.173. The first-order valence-corrected chi connectivity index (χ1v) is 6.50. The Bertz CT molecular complexity index is 518. The molecule has 0 saturated carbocycles. The molecule has 4 heteroatoms. The zero-order chi connectivity index (χ0) is 12.3. The molecule has 1 aromatic carbocycles. The fourth-order valence-electron chi connectivity index (χ4n) is 1.53. The molecular formula is C13H12ClNOS. The highest BCUT2D eigenvalue weighted by Crippen LogP contribution is 2.18. The van der Waals surface area contributed by atoms with Crippen molar-refractivity contribution in [1.82, 2.24) is 4.98 Å². The van der Waals surface area contributed by atoms with Crippen molar-refractivity contribution in [3.05, 3.63) is 50.9 Å². The lowest BCUT2D eigenvalue weighted by Gasteiger charge is -1.97. The van der Waals surface area contributed by atoms with Gasteiger partial charge in [-0.25, -0.2) is 4.98 Å². The van der Waals surface area contributed by atoms with Crippen LogP contribution in [0.15, 0.2) is 30.5 Å². The molecule has 2 rings (SSSR count). The lowest BCUT2D eigenvalue weighted by molar-refractivity contribution is -0.116. The number of benzene rings is 1. The van der Waals surface area contributed by atoms with Crippen LogP contribution >= 0.6 is 22.9 Å². The van der Waals surface area contributed by atoms with E-state index in [1.54, 1.807) is 24.5 Å². The summed E-state index contributed by atoms with van der Waals surface area (Å²) in [7, 11) is 0. The average molecular weight is 266 g/mol. The summed E-state index contributed by atoms with van der Waals surface area (Å²) in [5, 5.41) is 1.77. The minimum Gasteiger partial charge on any atom is -0.300 e. The van der Waals surface area contributed by atoms with Crippen LogP contribution in [0.5, 0.6) is 0 Å². The second-order valence-corrected chi connectivity index (χ2v) is 5.54. The molecule has 1 heterocycles. The summed E-state index contributed by atoms with van der Waals surface area (Å²) in [6, 6.07) is 7.74. The summed E-state index contributed by atoms with van der Waals surface area (Å²) in [6.45, 7) is 1.60. The predicted molar refractivity (Wildman–Crippen MR) is 70.8 cm³/mol. The molecule has 0 spiro atoms. The number of rotatable bonds is 4. The van der Waals surface area contributed by atoms with Gasteiger partial charge >= 0.3 is 0 Å². The Morgan fingerprint density at radius 1 is 1.35 bits per heavy atom. The fourth-order valence-corrected chi connectivity index (χ4v) is 2.69. The van der Waals surface area contributed by atoms with Crippen LogP contribution in [-0.2, 0) is 17.6 Å². The molecule has 0 amide bonds. The number of carbonyl (C=O) groups excluding carboxylic acids is 1. The van der Waals surface area contributed by atoms with E-state index in [4.69, 9.17) is 11.6 Å². The number of nitrogens with zero attached hydrogens (tertiary/aromatic N) is 1. The van der Waals surface area contributed by atoms with Crippen molar-refractivity contribution in [3.63, 3.8) is 0 Å². The number of hydrogen-bond acceptors (Lipinski definition) is 3. The Hall–Kier alpha value is -1.19. The molecule has 0 aliphatic heterocycles. The second-order valence-electron chi connectivity index (χ2n) is 3.90. The molecule has 88 valence electrons. The zero-order valence-electron chi connectivity index (χ0n) is 9.44. The predicted octanol–water partition coefficient (Wildman–Crippen LogP) is 3.52. The van der Waals surface area contributed by atoms with Crippen LogP contribution in [-0.4, -0.2) is 10.8 Å². The summed E-state index contributed by atoms with van der Waals surface area (Å²) < 4.78 is 0. The van der Waals surface area contributed by atoms with Gasteiger partial charge in [0, 0.05) is 28.9 Å². The van der Waals surface area contributed by atoms with Crippen LogP contribution in [0, 0.1) is 0 Å². The maximum atomic E-state index is 11.0. The Kier molecular flexibility index (Phi) is 3.92. The van der Waals surface area contributed by atoms with Gasteiger partial charge in [-0.1, -0.05) is 23.7 Å². The quantitative estimate of drug-likeness (QED) is 0.847. The van der Waals surface area contributed by atoms with Crippen LogP contribution in [0.2, 0.25) is 5.02 Å². The van der Waals surface area contributed by atoms with Crippen LogP contribution in [0.4, 0.5) is 0 Å². The van der Waals surface area contributed by atoms with Gasteiger partial charge in [-0.15, -0.1) is 11.3 Å².